The zero-order chi connectivity index (χ0) is 26.5. The summed E-state index contributed by atoms with van der Waals surface area (Å²) >= 11 is 0. The minimum atomic E-state index is -1.10. The van der Waals surface area contributed by atoms with E-state index in [2.05, 4.69) is 30.2 Å². The van der Waals surface area contributed by atoms with E-state index in [-0.39, 0.29) is 29.3 Å². The first-order valence-corrected chi connectivity index (χ1v) is 12.4. The number of morpholine rings is 1. The first-order valence-electron chi connectivity index (χ1n) is 12.4. The molecule has 3 aromatic rings. The first-order chi connectivity index (χ1) is 18.4. The van der Waals surface area contributed by atoms with Crippen LogP contribution >= 0.6 is 0 Å². The second-order valence-electron chi connectivity index (χ2n) is 9.14. The van der Waals surface area contributed by atoms with Crippen LogP contribution in [0, 0.1) is 0 Å². The third-order valence-corrected chi connectivity index (χ3v) is 6.49. The summed E-state index contributed by atoms with van der Waals surface area (Å²) in [6, 6.07) is 3.54. The van der Waals surface area contributed by atoms with Gasteiger partial charge in [-0.3, -0.25) is 0 Å². The van der Waals surface area contributed by atoms with Gasteiger partial charge in [-0.05, 0) is 31.7 Å². The van der Waals surface area contributed by atoms with Gasteiger partial charge in [0.1, 0.15) is 17.5 Å². The van der Waals surface area contributed by atoms with Gasteiger partial charge in [0.2, 0.25) is 11.8 Å². The summed E-state index contributed by atoms with van der Waals surface area (Å²) in [6.45, 7) is 2.28. The lowest BCUT2D eigenvalue weighted by Gasteiger charge is -2.29. The Bertz CT molecular complexity index is 1290. The molecule has 0 unspecified atom stereocenters. The minimum Gasteiger partial charge on any atom is -0.479 e. The molecule has 2 fully saturated rings. The first kappa shape index (κ1) is 25.4. The van der Waals surface area contributed by atoms with E-state index < -0.39 is 18.5 Å². The highest BCUT2D eigenvalue weighted by Crippen LogP contribution is 2.29. The molecular weight excluding hydrogens is 496 g/mol. The highest BCUT2D eigenvalue weighted by atomic mass is 16.5. The third kappa shape index (κ3) is 6.17. The van der Waals surface area contributed by atoms with Gasteiger partial charge in [-0.2, -0.15) is 0 Å². The molecule has 1 saturated carbocycles. The molecule has 1 aliphatic carbocycles. The van der Waals surface area contributed by atoms with Gasteiger partial charge in [0.05, 0.1) is 31.1 Å². The summed E-state index contributed by atoms with van der Waals surface area (Å²) in [5.41, 5.74) is 0.641. The maximum atomic E-state index is 12.0. The molecule has 4 heterocycles. The highest BCUT2D eigenvalue weighted by Gasteiger charge is 2.26. The van der Waals surface area contributed by atoms with E-state index in [0.717, 1.165) is 31.7 Å². The Kier molecular flexibility index (Phi) is 7.63. The Morgan fingerprint density at radius 1 is 1.03 bits per heavy atom. The smallest absolute Gasteiger partial charge is 0.341 e. The number of carboxylic acid groups (broad SMARTS) is 2. The zero-order valence-electron chi connectivity index (χ0n) is 20.6. The van der Waals surface area contributed by atoms with Crippen molar-refractivity contribution in [2.45, 2.75) is 37.8 Å². The van der Waals surface area contributed by atoms with Crippen LogP contribution in [0.1, 0.15) is 36.0 Å². The predicted octanol–water partition coefficient (Wildman–Crippen LogP) is 2.22. The van der Waals surface area contributed by atoms with Gasteiger partial charge in [0.15, 0.2) is 12.4 Å². The zero-order valence-corrected chi connectivity index (χ0v) is 20.6. The standard InChI is InChI=1S/C25H28N6O7/c32-22(33)14-37-18-12-27-25(28-13-18)29-16-1-3-17(4-2-16)38-23-19(24(34)35)9-15-11-26-21(10-20(15)30-23)31-5-7-36-8-6-31/h9-13,16-17H,1-8,14H2,(H,32,33)(H,34,35)(H,27,28,29). The van der Waals surface area contributed by atoms with Crippen LogP contribution in [0.3, 0.4) is 0 Å². The van der Waals surface area contributed by atoms with Crippen LogP contribution in [0.5, 0.6) is 11.6 Å². The minimum absolute atomic E-state index is 0.0114. The lowest BCUT2D eigenvalue weighted by molar-refractivity contribution is -0.139. The summed E-state index contributed by atoms with van der Waals surface area (Å²) < 4.78 is 16.6. The molecule has 1 saturated heterocycles. The molecule has 0 amide bonds. The second-order valence-corrected chi connectivity index (χ2v) is 9.14. The Morgan fingerprint density at radius 2 is 1.76 bits per heavy atom. The van der Waals surface area contributed by atoms with Crippen LogP contribution in [0.2, 0.25) is 0 Å². The monoisotopic (exact) mass is 524 g/mol. The second kappa shape index (κ2) is 11.4. The lowest BCUT2D eigenvalue weighted by Crippen LogP contribution is -2.36. The summed E-state index contributed by atoms with van der Waals surface area (Å²) in [5.74, 6) is -0.588. The number of aromatic carboxylic acids is 1. The van der Waals surface area contributed by atoms with Gasteiger partial charge < -0.3 is 34.6 Å². The molecule has 5 rings (SSSR count). The van der Waals surface area contributed by atoms with E-state index in [1.165, 1.54) is 12.4 Å². The number of carbonyl (C=O) groups is 2. The largest absolute Gasteiger partial charge is 0.479 e. The Morgan fingerprint density at radius 3 is 2.45 bits per heavy atom. The molecule has 2 aliphatic rings. The van der Waals surface area contributed by atoms with Gasteiger partial charge in [-0.25, -0.2) is 29.5 Å². The number of nitrogens with zero attached hydrogens (tertiary/aromatic N) is 5. The number of aromatic nitrogens is 4. The number of ether oxygens (including phenoxy) is 3. The van der Waals surface area contributed by atoms with E-state index >= 15 is 0 Å². The lowest BCUT2D eigenvalue weighted by atomic mass is 9.93. The molecule has 0 aromatic carbocycles. The molecular formula is C25H28N6O7. The van der Waals surface area contributed by atoms with Crippen molar-refractivity contribution in [1.29, 1.82) is 0 Å². The van der Waals surface area contributed by atoms with Crippen LogP contribution < -0.4 is 19.7 Å². The number of fused-ring (bicyclic) bond motifs is 1. The van der Waals surface area contributed by atoms with Crippen molar-refractivity contribution in [2.24, 2.45) is 0 Å². The number of nitrogens with one attached hydrogen (secondary N) is 1. The van der Waals surface area contributed by atoms with Crippen molar-refractivity contribution >= 4 is 34.6 Å². The average molecular weight is 525 g/mol. The number of aliphatic carboxylic acids is 1. The Balaban J connectivity index is 1.22. The number of rotatable bonds is 9. The molecule has 0 bridgehead atoms. The maximum Gasteiger partial charge on any atom is 0.341 e. The van der Waals surface area contributed by atoms with Crippen LogP contribution in [0.4, 0.5) is 11.8 Å². The molecule has 0 radical (unpaired) electrons. The van der Waals surface area contributed by atoms with Crippen molar-refractivity contribution in [1.82, 2.24) is 19.9 Å². The fourth-order valence-electron chi connectivity index (χ4n) is 4.52. The molecule has 13 heteroatoms. The molecule has 3 N–H and O–H groups in total. The van der Waals surface area contributed by atoms with Gasteiger partial charge in [-0.1, -0.05) is 0 Å². The summed E-state index contributed by atoms with van der Waals surface area (Å²) in [5, 5.41) is 22.4. The maximum absolute atomic E-state index is 12.0. The fourth-order valence-corrected chi connectivity index (χ4v) is 4.52. The number of carboxylic acids is 2. The van der Waals surface area contributed by atoms with Gasteiger partial charge in [0, 0.05) is 36.8 Å². The van der Waals surface area contributed by atoms with Crippen molar-refractivity contribution in [2.75, 3.05) is 43.1 Å². The van der Waals surface area contributed by atoms with Crippen molar-refractivity contribution < 1.29 is 34.0 Å². The summed E-state index contributed by atoms with van der Waals surface area (Å²) in [4.78, 5) is 42.1. The van der Waals surface area contributed by atoms with E-state index in [9.17, 15) is 14.7 Å². The summed E-state index contributed by atoms with van der Waals surface area (Å²) in [7, 11) is 0. The van der Waals surface area contributed by atoms with Crippen LogP contribution in [-0.4, -0.2) is 87.1 Å². The molecule has 38 heavy (non-hydrogen) atoms. The average Bonchev–Trinajstić information content (AvgIpc) is 2.93. The van der Waals surface area contributed by atoms with E-state index in [4.69, 9.17) is 19.3 Å². The Hall–Kier alpha value is -4.26. The Labute approximate surface area is 217 Å². The molecule has 3 aromatic heterocycles. The van der Waals surface area contributed by atoms with Crippen LogP contribution in [-0.2, 0) is 9.53 Å². The topological polar surface area (TPSA) is 169 Å². The summed E-state index contributed by atoms with van der Waals surface area (Å²) in [6.07, 6.45) is 7.25. The van der Waals surface area contributed by atoms with Crippen molar-refractivity contribution in [3.63, 3.8) is 0 Å². The highest BCUT2D eigenvalue weighted by molar-refractivity contribution is 5.95. The SMILES string of the molecule is O=C(O)COc1cnc(NC2CCC(Oc3nc4cc(N5CCOCC5)ncc4cc3C(=O)O)CC2)nc1. The molecule has 0 spiro atoms. The van der Waals surface area contributed by atoms with Crippen molar-refractivity contribution in [3.8, 4) is 11.6 Å². The van der Waals surface area contributed by atoms with E-state index in [1.807, 2.05) is 6.07 Å². The normalized spacial score (nSPS) is 19.6. The number of anilines is 2. The van der Waals surface area contributed by atoms with Crippen LogP contribution in [0.25, 0.3) is 10.9 Å². The number of hydrogen-bond donors (Lipinski definition) is 3. The quantitative estimate of drug-likeness (QED) is 0.373. The predicted molar refractivity (Wildman–Crippen MR) is 135 cm³/mol. The third-order valence-electron chi connectivity index (χ3n) is 6.49. The van der Waals surface area contributed by atoms with E-state index in [0.29, 0.717) is 42.9 Å². The van der Waals surface area contributed by atoms with Gasteiger partial charge in [0.25, 0.3) is 0 Å². The molecule has 200 valence electrons. The van der Waals surface area contributed by atoms with Crippen LogP contribution in [0.15, 0.2) is 30.7 Å². The number of pyridine rings is 2. The molecule has 0 atom stereocenters. The number of hydrogen-bond acceptors (Lipinski definition) is 11. The van der Waals surface area contributed by atoms with Gasteiger partial charge in [-0.15, -0.1) is 0 Å². The van der Waals surface area contributed by atoms with Crippen molar-refractivity contribution in [3.05, 3.63) is 36.3 Å². The molecule has 13 nitrogen and oxygen atoms in total. The fraction of sp³-hybridized carbons (Fsp3) is 0.440. The van der Waals surface area contributed by atoms with Gasteiger partial charge >= 0.3 is 11.9 Å². The molecule has 1 aliphatic heterocycles. The van der Waals surface area contributed by atoms with E-state index in [1.54, 1.807) is 12.3 Å².